The SMILES string of the molecule is N#C/C(=C\C=C\N1CCCCC1)C(=O)NCCO. The summed E-state index contributed by atoms with van der Waals surface area (Å²) in [6, 6.07) is 1.85. The fourth-order valence-electron chi connectivity index (χ4n) is 1.76. The zero-order chi connectivity index (χ0) is 13.2. The highest BCUT2D eigenvalue weighted by Crippen LogP contribution is 2.08. The third-order valence-corrected chi connectivity index (χ3v) is 2.71. The second-order valence-electron chi connectivity index (χ2n) is 4.11. The molecule has 0 unspecified atom stereocenters. The van der Waals surface area contributed by atoms with Gasteiger partial charge in [-0.2, -0.15) is 5.26 Å². The topological polar surface area (TPSA) is 76.4 Å². The average molecular weight is 249 g/mol. The van der Waals surface area contributed by atoms with Crippen molar-refractivity contribution in [3.05, 3.63) is 23.9 Å². The lowest BCUT2D eigenvalue weighted by Gasteiger charge is -2.24. The van der Waals surface area contributed by atoms with Gasteiger partial charge in [0.1, 0.15) is 11.6 Å². The highest BCUT2D eigenvalue weighted by molar-refractivity contribution is 5.97. The third kappa shape index (κ3) is 5.02. The van der Waals surface area contributed by atoms with Gasteiger partial charge >= 0.3 is 0 Å². The minimum absolute atomic E-state index is 0.0525. The van der Waals surface area contributed by atoms with Crippen molar-refractivity contribution in [2.45, 2.75) is 19.3 Å². The standard InChI is InChI=1S/C13H19N3O2/c14-11-12(13(18)15-6-10-17)5-4-9-16-7-2-1-3-8-16/h4-5,9,17H,1-3,6-8,10H2,(H,15,18)/b9-4+,12-5+. The number of aliphatic hydroxyl groups is 1. The number of aliphatic hydroxyl groups excluding tert-OH is 1. The molecule has 1 heterocycles. The average Bonchev–Trinajstić information content (AvgIpc) is 2.42. The predicted molar refractivity (Wildman–Crippen MR) is 68.4 cm³/mol. The fraction of sp³-hybridized carbons (Fsp3) is 0.538. The molecule has 0 aliphatic carbocycles. The first-order valence-electron chi connectivity index (χ1n) is 6.19. The Hall–Kier alpha value is -1.80. The van der Waals surface area contributed by atoms with E-state index in [-0.39, 0.29) is 18.7 Å². The van der Waals surface area contributed by atoms with E-state index in [9.17, 15) is 4.79 Å². The first-order valence-corrected chi connectivity index (χ1v) is 6.19. The van der Waals surface area contributed by atoms with Crippen molar-refractivity contribution >= 4 is 5.91 Å². The molecule has 0 spiro atoms. The smallest absolute Gasteiger partial charge is 0.262 e. The highest BCUT2D eigenvalue weighted by Gasteiger charge is 2.07. The number of nitriles is 1. The monoisotopic (exact) mass is 249 g/mol. The van der Waals surface area contributed by atoms with Crippen LogP contribution in [0.25, 0.3) is 0 Å². The molecule has 0 aromatic carbocycles. The minimum atomic E-state index is -0.449. The zero-order valence-corrected chi connectivity index (χ0v) is 10.4. The molecule has 5 heteroatoms. The van der Waals surface area contributed by atoms with Crippen LogP contribution in [0.5, 0.6) is 0 Å². The number of allylic oxidation sites excluding steroid dienone is 2. The molecular weight excluding hydrogens is 230 g/mol. The van der Waals surface area contributed by atoms with Crippen molar-refractivity contribution in [3.8, 4) is 6.07 Å². The predicted octanol–water partition coefficient (Wildman–Crippen LogP) is 0.544. The Bertz CT molecular complexity index is 363. The second-order valence-corrected chi connectivity index (χ2v) is 4.11. The van der Waals surface area contributed by atoms with Crippen molar-refractivity contribution in [3.63, 3.8) is 0 Å². The maximum absolute atomic E-state index is 11.5. The summed E-state index contributed by atoms with van der Waals surface area (Å²) < 4.78 is 0. The Morgan fingerprint density at radius 2 is 2.11 bits per heavy atom. The second kappa shape index (κ2) is 8.31. The molecule has 0 saturated carbocycles. The van der Waals surface area contributed by atoms with Gasteiger partial charge in [-0.15, -0.1) is 0 Å². The first kappa shape index (κ1) is 14.3. The zero-order valence-electron chi connectivity index (χ0n) is 10.4. The van der Waals surface area contributed by atoms with Gasteiger partial charge in [-0.05, 0) is 37.6 Å². The van der Waals surface area contributed by atoms with Crippen LogP contribution in [0.4, 0.5) is 0 Å². The molecule has 18 heavy (non-hydrogen) atoms. The summed E-state index contributed by atoms with van der Waals surface area (Å²) in [5.74, 6) is -0.449. The first-order chi connectivity index (χ1) is 8.77. The van der Waals surface area contributed by atoms with Crippen LogP contribution in [0.1, 0.15) is 19.3 Å². The Balaban J connectivity index is 2.48. The number of likely N-dealkylation sites (tertiary alicyclic amines) is 1. The van der Waals surface area contributed by atoms with E-state index < -0.39 is 5.91 Å². The van der Waals surface area contributed by atoms with Gasteiger partial charge in [-0.3, -0.25) is 4.79 Å². The van der Waals surface area contributed by atoms with Gasteiger partial charge < -0.3 is 15.3 Å². The fourth-order valence-corrected chi connectivity index (χ4v) is 1.76. The van der Waals surface area contributed by atoms with Crippen molar-refractivity contribution in [2.75, 3.05) is 26.2 Å². The summed E-state index contributed by atoms with van der Waals surface area (Å²) in [6.07, 6.45) is 8.79. The summed E-state index contributed by atoms with van der Waals surface area (Å²) in [4.78, 5) is 13.6. The molecule has 0 radical (unpaired) electrons. The van der Waals surface area contributed by atoms with E-state index in [1.807, 2.05) is 12.3 Å². The van der Waals surface area contributed by atoms with Gasteiger partial charge in [-0.1, -0.05) is 0 Å². The number of rotatable bonds is 5. The molecule has 0 aromatic rings. The van der Waals surface area contributed by atoms with Gasteiger partial charge in [0.25, 0.3) is 5.91 Å². The minimum Gasteiger partial charge on any atom is -0.395 e. The van der Waals surface area contributed by atoms with Crippen LogP contribution in [-0.4, -0.2) is 42.2 Å². The van der Waals surface area contributed by atoms with E-state index >= 15 is 0 Å². The van der Waals surface area contributed by atoms with Crippen molar-refractivity contribution in [1.82, 2.24) is 10.2 Å². The molecule has 0 atom stereocenters. The summed E-state index contributed by atoms with van der Waals surface area (Å²) in [5, 5.41) is 19.9. The van der Waals surface area contributed by atoms with E-state index in [1.54, 1.807) is 6.08 Å². The molecule has 1 saturated heterocycles. The molecular formula is C13H19N3O2. The quantitative estimate of drug-likeness (QED) is 0.424. The molecule has 1 aliphatic heterocycles. The summed E-state index contributed by atoms with van der Waals surface area (Å²) in [7, 11) is 0. The third-order valence-electron chi connectivity index (χ3n) is 2.71. The lowest BCUT2D eigenvalue weighted by molar-refractivity contribution is -0.117. The Morgan fingerprint density at radius 1 is 1.39 bits per heavy atom. The largest absolute Gasteiger partial charge is 0.395 e. The van der Waals surface area contributed by atoms with Gasteiger partial charge in [-0.25, -0.2) is 0 Å². The Morgan fingerprint density at radius 3 is 2.72 bits per heavy atom. The Kier molecular flexibility index (Phi) is 6.59. The lowest BCUT2D eigenvalue weighted by atomic mass is 10.1. The van der Waals surface area contributed by atoms with E-state index in [0.717, 1.165) is 13.1 Å². The number of amides is 1. The van der Waals surface area contributed by atoms with Gasteiger partial charge in [0, 0.05) is 19.6 Å². The van der Waals surface area contributed by atoms with E-state index in [2.05, 4.69) is 10.2 Å². The highest BCUT2D eigenvalue weighted by atomic mass is 16.3. The molecule has 5 nitrogen and oxygen atoms in total. The van der Waals surface area contributed by atoms with Crippen molar-refractivity contribution in [2.24, 2.45) is 0 Å². The molecule has 1 aliphatic rings. The van der Waals surface area contributed by atoms with Gasteiger partial charge in [0.2, 0.25) is 0 Å². The van der Waals surface area contributed by atoms with Crippen molar-refractivity contribution in [1.29, 1.82) is 5.26 Å². The van der Waals surface area contributed by atoms with Crippen molar-refractivity contribution < 1.29 is 9.90 Å². The lowest BCUT2D eigenvalue weighted by Crippen LogP contribution is -2.27. The van der Waals surface area contributed by atoms with E-state index in [1.165, 1.54) is 25.3 Å². The number of piperidine rings is 1. The van der Waals surface area contributed by atoms with Crippen LogP contribution in [0, 0.1) is 11.3 Å². The maximum atomic E-state index is 11.5. The summed E-state index contributed by atoms with van der Waals surface area (Å²) in [5.41, 5.74) is 0.0525. The Labute approximate surface area is 107 Å². The molecule has 1 rings (SSSR count). The number of nitrogens with zero attached hydrogens (tertiary/aromatic N) is 2. The number of hydrogen-bond donors (Lipinski definition) is 2. The molecule has 0 aromatic heterocycles. The number of hydrogen-bond acceptors (Lipinski definition) is 4. The van der Waals surface area contributed by atoms with Crippen LogP contribution in [0.2, 0.25) is 0 Å². The number of carbonyl (C=O) groups excluding carboxylic acids is 1. The maximum Gasteiger partial charge on any atom is 0.262 e. The van der Waals surface area contributed by atoms with Crippen LogP contribution in [0.15, 0.2) is 23.9 Å². The van der Waals surface area contributed by atoms with E-state index in [4.69, 9.17) is 10.4 Å². The summed E-state index contributed by atoms with van der Waals surface area (Å²) >= 11 is 0. The van der Waals surface area contributed by atoms with Gasteiger partial charge in [0.15, 0.2) is 0 Å². The molecule has 2 N–H and O–H groups in total. The molecule has 1 amide bonds. The van der Waals surface area contributed by atoms with Crippen LogP contribution < -0.4 is 5.32 Å². The number of nitrogens with one attached hydrogen (secondary N) is 1. The molecule has 0 bridgehead atoms. The normalized spacial score (nSPS) is 16.7. The molecule has 1 fully saturated rings. The summed E-state index contributed by atoms with van der Waals surface area (Å²) in [6.45, 7) is 2.09. The van der Waals surface area contributed by atoms with E-state index in [0.29, 0.717) is 0 Å². The van der Waals surface area contributed by atoms with Gasteiger partial charge in [0.05, 0.1) is 6.61 Å². The number of carbonyl (C=O) groups is 1. The van der Waals surface area contributed by atoms with Crippen LogP contribution >= 0.6 is 0 Å². The van der Waals surface area contributed by atoms with Crippen LogP contribution in [0.3, 0.4) is 0 Å². The van der Waals surface area contributed by atoms with Crippen LogP contribution in [-0.2, 0) is 4.79 Å². The molecule has 98 valence electrons.